The molecule has 0 amide bonds. The molecule has 3 aromatic heterocycles. The van der Waals surface area contributed by atoms with Crippen LogP contribution in [0.2, 0.25) is 0 Å². The van der Waals surface area contributed by atoms with Crippen molar-refractivity contribution < 1.29 is 0 Å². The normalized spacial score (nSPS) is 11.2. The highest BCUT2D eigenvalue weighted by Gasteiger charge is 2.09. The molecule has 0 atom stereocenters. The Hall–Kier alpha value is -1.42. The van der Waals surface area contributed by atoms with Gasteiger partial charge in [0.15, 0.2) is 11.2 Å². The van der Waals surface area contributed by atoms with Crippen molar-refractivity contribution in [1.82, 2.24) is 19.9 Å². The van der Waals surface area contributed by atoms with E-state index in [1.54, 1.807) is 11.3 Å². The van der Waals surface area contributed by atoms with Gasteiger partial charge in [-0.2, -0.15) is 4.98 Å². The molecule has 0 spiro atoms. The number of aromatic amines is 2. The van der Waals surface area contributed by atoms with E-state index in [9.17, 15) is 4.79 Å². The van der Waals surface area contributed by atoms with Crippen molar-refractivity contribution in [1.29, 1.82) is 0 Å². The lowest BCUT2D eigenvalue weighted by atomic mass is 10.3. The van der Waals surface area contributed by atoms with E-state index in [1.165, 1.54) is 7.76 Å². The topological polar surface area (TPSA) is 100 Å². The number of nitrogens with one attached hydrogen (secondary N) is 2. The van der Waals surface area contributed by atoms with Crippen LogP contribution < -0.4 is 11.3 Å². The molecule has 0 saturated carbocycles. The molecule has 0 unspecified atom stereocenters. The minimum Gasteiger partial charge on any atom is -0.369 e. The van der Waals surface area contributed by atoms with E-state index < -0.39 is 0 Å². The predicted molar refractivity (Wildman–Crippen MR) is 78.8 cm³/mol. The molecule has 0 aliphatic heterocycles. The summed E-state index contributed by atoms with van der Waals surface area (Å²) in [7, 11) is 0. The van der Waals surface area contributed by atoms with E-state index in [4.69, 9.17) is 5.73 Å². The van der Waals surface area contributed by atoms with Crippen molar-refractivity contribution >= 4 is 51.0 Å². The smallest absolute Gasteiger partial charge is 0.278 e. The lowest BCUT2D eigenvalue weighted by molar-refractivity contribution is 1.05. The molecule has 0 radical (unpaired) electrons. The van der Waals surface area contributed by atoms with Gasteiger partial charge in [0, 0.05) is 11.3 Å². The van der Waals surface area contributed by atoms with Gasteiger partial charge < -0.3 is 10.7 Å². The number of nitrogen functional groups attached to an aromatic ring is 1. The SMILES string of the molecule is Nc1nc2nc(Cc3ccc(I)s3)[nH]c2c(=O)[nH]1. The molecule has 0 bridgehead atoms. The van der Waals surface area contributed by atoms with Crippen molar-refractivity contribution in [3.63, 3.8) is 0 Å². The summed E-state index contributed by atoms with van der Waals surface area (Å²) in [5.41, 5.74) is 5.90. The number of thiophene rings is 1. The largest absolute Gasteiger partial charge is 0.369 e. The Balaban J connectivity index is 2.03. The second kappa shape index (κ2) is 4.35. The Morgan fingerprint density at radius 2 is 2.17 bits per heavy atom. The first kappa shape index (κ1) is 11.7. The molecule has 92 valence electrons. The minimum atomic E-state index is -0.294. The number of fused-ring (bicyclic) bond motifs is 1. The standard InChI is InChI=1S/C10H8IN5OS/c11-5-2-1-4(18-5)3-6-13-7-8(14-6)15-10(12)16-9(7)17/h1-2H,3H2,(H4,12,13,14,15,16,17). The third kappa shape index (κ3) is 2.12. The van der Waals surface area contributed by atoms with Gasteiger partial charge in [-0.15, -0.1) is 11.3 Å². The van der Waals surface area contributed by atoms with Crippen LogP contribution in [0.5, 0.6) is 0 Å². The van der Waals surface area contributed by atoms with Crippen molar-refractivity contribution in [2.24, 2.45) is 0 Å². The number of aromatic nitrogens is 4. The van der Waals surface area contributed by atoms with Crippen LogP contribution >= 0.6 is 33.9 Å². The number of hydrogen-bond donors (Lipinski definition) is 3. The minimum absolute atomic E-state index is 0.0798. The van der Waals surface area contributed by atoms with E-state index in [1.807, 2.05) is 12.1 Å². The average molecular weight is 373 g/mol. The van der Waals surface area contributed by atoms with Crippen LogP contribution in [0, 0.1) is 2.88 Å². The van der Waals surface area contributed by atoms with Crippen molar-refractivity contribution in [3.8, 4) is 0 Å². The monoisotopic (exact) mass is 373 g/mol. The molecule has 4 N–H and O–H groups in total. The van der Waals surface area contributed by atoms with Gasteiger partial charge in [0.05, 0.1) is 2.88 Å². The van der Waals surface area contributed by atoms with Crippen LogP contribution in [0.3, 0.4) is 0 Å². The highest BCUT2D eigenvalue weighted by Crippen LogP contribution is 2.20. The molecule has 0 saturated heterocycles. The molecule has 0 aromatic carbocycles. The van der Waals surface area contributed by atoms with Gasteiger partial charge in [-0.1, -0.05) is 0 Å². The molecule has 8 heteroatoms. The maximum Gasteiger partial charge on any atom is 0.278 e. The number of nitrogens with zero attached hydrogens (tertiary/aromatic N) is 2. The molecule has 3 heterocycles. The van der Waals surface area contributed by atoms with Crippen LogP contribution in [0.1, 0.15) is 10.7 Å². The number of hydrogen-bond acceptors (Lipinski definition) is 5. The number of imidazole rings is 1. The Labute approximate surface area is 119 Å². The third-order valence-corrected chi connectivity index (χ3v) is 4.29. The number of anilines is 1. The van der Waals surface area contributed by atoms with Crippen molar-refractivity contribution in [2.45, 2.75) is 6.42 Å². The maximum absolute atomic E-state index is 11.6. The van der Waals surface area contributed by atoms with Gasteiger partial charge in [0.25, 0.3) is 5.56 Å². The van der Waals surface area contributed by atoms with E-state index in [0.717, 1.165) is 0 Å². The molecule has 3 aromatic rings. The van der Waals surface area contributed by atoms with E-state index in [-0.39, 0.29) is 11.5 Å². The first-order valence-corrected chi connectivity index (χ1v) is 7.00. The van der Waals surface area contributed by atoms with Gasteiger partial charge in [0.2, 0.25) is 5.95 Å². The zero-order chi connectivity index (χ0) is 12.7. The lowest BCUT2D eigenvalue weighted by Gasteiger charge is -1.90. The van der Waals surface area contributed by atoms with Gasteiger partial charge in [-0.25, -0.2) is 4.98 Å². The third-order valence-electron chi connectivity index (χ3n) is 2.40. The van der Waals surface area contributed by atoms with Crippen LogP contribution in [0.4, 0.5) is 5.95 Å². The molecule has 6 nitrogen and oxygen atoms in total. The zero-order valence-electron chi connectivity index (χ0n) is 9.03. The fraction of sp³-hybridized carbons (Fsp3) is 0.100. The first-order chi connectivity index (χ1) is 8.61. The Morgan fingerprint density at radius 1 is 1.33 bits per heavy atom. The zero-order valence-corrected chi connectivity index (χ0v) is 12.0. The molecule has 0 fully saturated rings. The second-order valence-corrected chi connectivity index (χ2v) is 6.78. The van der Waals surface area contributed by atoms with Gasteiger partial charge in [0.1, 0.15) is 5.82 Å². The van der Waals surface area contributed by atoms with E-state index in [0.29, 0.717) is 23.4 Å². The Bertz CT molecular complexity index is 774. The highest BCUT2D eigenvalue weighted by molar-refractivity contribution is 14.1. The van der Waals surface area contributed by atoms with Crippen LogP contribution in [-0.4, -0.2) is 19.9 Å². The summed E-state index contributed by atoms with van der Waals surface area (Å²) in [6, 6.07) is 4.10. The summed E-state index contributed by atoms with van der Waals surface area (Å²) >= 11 is 3.97. The van der Waals surface area contributed by atoms with Gasteiger partial charge >= 0.3 is 0 Å². The van der Waals surface area contributed by atoms with Crippen LogP contribution in [0.25, 0.3) is 11.2 Å². The summed E-state index contributed by atoms with van der Waals surface area (Å²) < 4.78 is 1.22. The number of H-pyrrole nitrogens is 2. The number of nitrogens with two attached hydrogens (primary N) is 1. The fourth-order valence-electron chi connectivity index (χ4n) is 1.67. The Kier molecular flexibility index (Phi) is 2.82. The fourth-order valence-corrected chi connectivity index (χ4v) is 3.43. The van der Waals surface area contributed by atoms with Crippen LogP contribution in [-0.2, 0) is 6.42 Å². The highest BCUT2D eigenvalue weighted by atomic mass is 127. The van der Waals surface area contributed by atoms with Crippen molar-refractivity contribution in [2.75, 3.05) is 5.73 Å². The average Bonchev–Trinajstić information content (AvgIpc) is 2.85. The summed E-state index contributed by atoms with van der Waals surface area (Å²) in [4.78, 5) is 26.5. The number of halogens is 1. The summed E-state index contributed by atoms with van der Waals surface area (Å²) in [5.74, 6) is 0.795. The summed E-state index contributed by atoms with van der Waals surface area (Å²) in [6.07, 6.45) is 0.656. The molecule has 18 heavy (non-hydrogen) atoms. The quantitative estimate of drug-likeness (QED) is 0.593. The lowest BCUT2D eigenvalue weighted by Crippen LogP contribution is -2.10. The molecular weight excluding hydrogens is 365 g/mol. The van der Waals surface area contributed by atoms with Gasteiger partial charge in [-0.3, -0.25) is 9.78 Å². The molecule has 0 aliphatic carbocycles. The molecule has 0 aliphatic rings. The molecule has 3 rings (SSSR count). The molecular formula is C10H8IN5OS. The van der Waals surface area contributed by atoms with Crippen molar-refractivity contribution in [3.05, 3.63) is 36.1 Å². The summed E-state index contributed by atoms with van der Waals surface area (Å²) in [6.45, 7) is 0. The number of rotatable bonds is 2. The van der Waals surface area contributed by atoms with Gasteiger partial charge in [-0.05, 0) is 34.7 Å². The first-order valence-electron chi connectivity index (χ1n) is 5.10. The second-order valence-electron chi connectivity index (χ2n) is 3.72. The van der Waals surface area contributed by atoms with Crippen LogP contribution in [0.15, 0.2) is 16.9 Å². The Morgan fingerprint density at radius 3 is 2.89 bits per heavy atom. The van der Waals surface area contributed by atoms with E-state index >= 15 is 0 Å². The maximum atomic E-state index is 11.6. The summed E-state index contributed by atoms with van der Waals surface area (Å²) in [5, 5.41) is 0. The predicted octanol–water partition coefficient (Wildman–Crippen LogP) is 1.49. The van der Waals surface area contributed by atoms with E-state index in [2.05, 4.69) is 42.5 Å².